The van der Waals surface area contributed by atoms with E-state index in [0.717, 1.165) is 12.1 Å². The lowest BCUT2D eigenvalue weighted by molar-refractivity contribution is -0.133. The summed E-state index contributed by atoms with van der Waals surface area (Å²) in [5.74, 6) is -1.79. The van der Waals surface area contributed by atoms with Crippen LogP contribution in [0.4, 0.5) is 0 Å². The Bertz CT molecular complexity index is 677. The van der Waals surface area contributed by atoms with E-state index in [2.05, 4.69) is 10.3 Å². The largest absolute Gasteiger partial charge is 0.478 e. The fraction of sp³-hybridized carbons (Fsp3) is 0.267. The molecule has 4 N–H and O–H groups in total. The topological polar surface area (TPSA) is 105 Å². The molecule has 0 saturated heterocycles. The first kappa shape index (κ1) is 13.4. The van der Waals surface area contributed by atoms with Crippen molar-refractivity contribution in [3.63, 3.8) is 0 Å². The summed E-state index contributed by atoms with van der Waals surface area (Å²) in [5.41, 5.74) is 7.61. The third-order valence-electron chi connectivity index (χ3n) is 3.82. The molecule has 1 aliphatic heterocycles. The van der Waals surface area contributed by atoms with E-state index in [9.17, 15) is 14.7 Å². The molecule has 1 aromatic heterocycles. The van der Waals surface area contributed by atoms with E-state index in [1.165, 1.54) is 0 Å². The predicted octanol–water partition coefficient (Wildman–Crippen LogP) is 1.03. The summed E-state index contributed by atoms with van der Waals surface area (Å²) in [5, 5.41) is 12.4. The van der Waals surface area contributed by atoms with Crippen molar-refractivity contribution in [3.8, 4) is 0 Å². The number of allylic oxidation sites excluding steroid dienone is 2. The normalized spacial score (nSPS) is 21.9. The maximum Gasteiger partial charge on any atom is 0.336 e. The molecule has 1 aromatic rings. The molecule has 0 fully saturated rings. The lowest BCUT2D eigenvalue weighted by Crippen LogP contribution is -2.37. The number of dihydropyridines is 1. The van der Waals surface area contributed by atoms with Gasteiger partial charge in [-0.05, 0) is 25.0 Å². The number of rotatable bonds is 2. The molecule has 0 bridgehead atoms. The summed E-state index contributed by atoms with van der Waals surface area (Å²) in [7, 11) is 0. The second kappa shape index (κ2) is 5.05. The number of aliphatic carboxylic acids is 1. The highest BCUT2D eigenvalue weighted by Crippen LogP contribution is 2.40. The minimum atomic E-state index is -1.14. The standard InChI is InChI=1S/C15H15N3O3/c16-14-13(15(20)21)12(8-4-1-2-7-17-8)11-9(18-14)5-3-6-10(11)19/h1-2,4,7,12,18H,3,5-6,16H2,(H,20,21). The number of carbonyl (C=O) groups is 2. The van der Waals surface area contributed by atoms with Gasteiger partial charge < -0.3 is 16.2 Å². The van der Waals surface area contributed by atoms with Crippen molar-refractivity contribution in [3.05, 3.63) is 52.8 Å². The average molecular weight is 285 g/mol. The summed E-state index contributed by atoms with van der Waals surface area (Å²) in [6.45, 7) is 0. The zero-order chi connectivity index (χ0) is 15.0. The zero-order valence-electron chi connectivity index (χ0n) is 11.3. The Labute approximate surface area is 121 Å². The fourth-order valence-corrected chi connectivity index (χ4v) is 2.94. The average Bonchev–Trinajstić information content (AvgIpc) is 2.46. The Balaban J connectivity index is 2.20. The second-order valence-corrected chi connectivity index (χ2v) is 5.11. The van der Waals surface area contributed by atoms with Crippen molar-refractivity contribution in [2.75, 3.05) is 0 Å². The summed E-state index contributed by atoms with van der Waals surface area (Å²) in [6.07, 6.45) is 3.45. The highest BCUT2D eigenvalue weighted by molar-refractivity contribution is 6.03. The van der Waals surface area contributed by atoms with Gasteiger partial charge in [0.25, 0.3) is 0 Å². The molecule has 1 atom stereocenters. The lowest BCUT2D eigenvalue weighted by Gasteiger charge is -2.32. The van der Waals surface area contributed by atoms with E-state index in [1.54, 1.807) is 24.4 Å². The number of carboxylic acid groups (broad SMARTS) is 1. The number of nitrogens with one attached hydrogen (secondary N) is 1. The van der Waals surface area contributed by atoms with E-state index < -0.39 is 11.9 Å². The van der Waals surface area contributed by atoms with Gasteiger partial charge in [-0.2, -0.15) is 0 Å². The molecule has 3 rings (SSSR count). The van der Waals surface area contributed by atoms with Gasteiger partial charge in [0.2, 0.25) is 0 Å². The van der Waals surface area contributed by atoms with Gasteiger partial charge in [0.1, 0.15) is 5.82 Å². The van der Waals surface area contributed by atoms with Crippen LogP contribution >= 0.6 is 0 Å². The molecular formula is C15H15N3O3. The molecule has 6 nitrogen and oxygen atoms in total. The number of nitrogens with zero attached hydrogens (tertiary/aromatic N) is 1. The van der Waals surface area contributed by atoms with Crippen molar-refractivity contribution in [1.29, 1.82) is 0 Å². The van der Waals surface area contributed by atoms with Gasteiger partial charge in [0.15, 0.2) is 5.78 Å². The summed E-state index contributed by atoms with van der Waals surface area (Å²) in [4.78, 5) is 28.1. The third kappa shape index (κ3) is 2.18. The van der Waals surface area contributed by atoms with Gasteiger partial charge in [-0.3, -0.25) is 9.78 Å². The van der Waals surface area contributed by atoms with Crippen LogP contribution in [0.25, 0.3) is 0 Å². The summed E-state index contributed by atoms with van der Waals surface area (Å²) < 4.78 is 0. The van der Waals surface area contributed by atoms with Crippen LogP contribution in [-0.4, -0.2) is 21.8 Å². The molecule has 21 heavy (non-hydrogen) atoms. The van der Waals surface area contributed by atoms with Crippen LogP contribution in [0.3, 0.4) is 0 Å². The highest BCUT2D eigenvalue weighted by atomic mass is 16.4. The third-order valence-corrected chi connectivity index (χ3v) is 3.82. The van der Waals surface area contributed by atoms with Gasteiger partial charge in [-0.15, -0.1) is 0 Å². The van der Waals surface area contributed by atoms with Crippen molar-refractivity contribution < 1.29 is 14.7 Å². The first-order valence-electron chi connectivity index (χ1n) is 6.76. The van der Waals surface area contributed by atoms with Gasteiger partial charge in [-0.25, -0.2) is 4.79 Å². The van der Waals surface area contributed by atoms with E-state index in [1.807, 2.05) is 0 Å². The Kier molecular flexibility index (Phi) is 3.21. The number of aromatic nitrogens is 1. The quantitative estimate of drug-likeness (QED) is 0.749. The van der Waals surface area contributed by atoms with Crippen LogP contribution < -0.4 is 11.1 Å². The molecule has 0 saturated carbocycles. The Hall–Kier alpha value is -2.63. The number of nitrogens with two attached hydrogens (primary N) is 1. The minimum Gasteiger partial charge on any atom is -0.478 e. The molecule has 0 amide bonds. The SMILES string of the molecule is NC1=C(C(=O)O)C(c2ccccn2)C2=C(CCCC2=O)N1. The molecule has 2 aliphatic rings. The first-order valence-corrected chi connectivity index (χ1v) is 6.76. The minimum absolute atomic E-state index is 0.0114. The zero-order valence-corrected chi connectivity index (χ0v) is 11.3. The summed E-state index contributed by atoms with van der Waals surface area (Å²) in [6, 6.07) is 5.24. The molecule has 108 valence electrons. The molecule has 0 radical (unpaired) electrons. The van der Waals surface area contributed by atoms with Crippen molar-refractivity contribution in [2.24, 2.45) is 5.73 Å². The number of hydrogen-bond donors (Lipinski definition) is 3. The smallest absolute Gasteiger partial charge is 0.336 e. The second-order valence-electron chi connectivity index (χ2n) is 5.11. The van der Waals surface area contributed by atoms with Gasteiger partial charge >= 0.3 is 5.97 Å². The number of pyridine rings is 1. The van der Waals surface area contributed by atoms with Crippen LogP contribution in [0.1, 0.15) is 30.9 Å². The van der Waals surface area contributed by atoms with E-state index in [4.69, 9.17) is 5.73 Å². The van der Waals surface area contributed by atoms with Crippen LogP contribution in [0.2, 0.25) is 0 Å². The molecule has 1 aliphatic carbocycles. The number of carbonyl (C=O) groups excluding carboxylic acids is 1. The Morgan fingerprint density at radius 3 is 2.86 bits per heavy atom. The predicted molar refractivity (Wildman–Crippen MR) is 74.8 cm³/mol. The van der Waals surface area contributed by atoms with Crippen LogP contribution in [0, 0.1) is 0 Å². The number of hydrogen-bond acceptors (Lipinski definition) is 5. The monoisotopic (exact) mass is 285 g/mol. The van der Waals surface area contributed by atoms with Crippen LogP contribution in [0.5, 0.6) is 0 Å². The number of carboxylic acids is 1. The van der Waals surface area contributed by atoms with Crippen molar-refractivity contribution in [2.45, 2.75) is 25.2 Å². The number of Topliss-reactive ketones (excluding diaryl/α,β-unsaturated/α-hetero) is 1. The number of ketones is 1. The maximum atomic E-state index is 12.3. The maximum absolute atomic E-state index is 12.3. The molecule has 0 aromatic carbocycles. The molecule has 2 heterocycles. The van der Waals surface area contributed by atoms with Crippen molar-refractivity contribution >= 4 is 11.8 Å². The van der Waals surface area contributed by atoms with E-state index in [0.29, 0.717) is 24.1 Å². The fourth-order valence-electron chi connectivity index (χ4n) is 2.94. The van der Waals surface area contributed by atoms with Crippen molar-refractivity contribution in [1.82, 2.24) is 10.3 Å². The van der Waals surface area contributed by atoms with Crippen LogP contribution in [0.15, 0.2) is 47.1 Å². The molecule has 1 unspecified atom stereocenters. The Morgan fingerprint density at radius 2 is 2.19 bits per heavy atom. The lowest BCUT2D eigenvalue weighted by atomic mass is 9.77. The Morgan fingerprint density at radius 1 is 1.38 bits per heavy atom. The molecule has 6 heteroatoms. The van der Waals surface area contributed by atoms with Gasteiger partial charge in [0, 0.05) is 23.9 Å². The van der Waals surface area contributed by atoms with E-state index in [-0.39, 0.29) is 17.2 Å². The van der Waals surface area contributed by atoms with Crippen LogP contribution in [-0.2, 0) is 9.59 Å². The van der Waals surface area contributed by atoms with Gasteiger partial charge in [-0.1, -0.05) is 6.07 Å². The highest BCUT2D eigenvalue weighted by Gasteiger charge is 2.39. The van der Waals surface area contributed by atoms with Gasteiger partial charge in [0.05, 0.1) is 17.2 Å². The molecular weight excluding hydrogens is 270 g/mol. The van der Waals surface area contributed by atoms with E-state index >= 15 is 0 Å². The molecule has 0 spiro atoms. The first-order chi connectivity index (χ1) is 10.1. The summed E-state index contributed by atoms with van der Waals surface area (Å²) >= 11 is 0.